The van der Waals surface area contributed by atoms with E-state index >= 15 is 0 Å². The number of hydrogen-bond acceptors (Lipinski definition) is 4. The summed E-state index contributed by atoms with van der Waals surface area (Å²) < 4.78 is 29.6. The van der Waals surface area contributed by atoms with E-state index in [0.717, 1.165) is 11.1 Å². The van der Waals surface area contributed by atoms with Crippen LogP contribution in [0.3, 0.4) is 0 Å². The summed E-state index contributed by atoms with van der Waals surface area (Å²) in [7, 11) is -3.48. The molecule has 0 saturated heterocycles. The summed E-state index contributed by atoms with van der Waals surface area (Å²) in [5.74, 6) is 0.312. The Morgan fingerprint density at radius 2 is 1.68 bits per heavy atom. The Hall–Kier alpha value is -1.07. The average molecular weight is 286 g/mol. The Balaban J connectivity index is 3.45. The Morgan fingerprint density at radius 3 is 2.16 bits per heavy atom. The highest BCUT2D eigenvalue weighted by Gasteiger charge is 2.33. The minimum Gasteiger partial charge on any atom is -0.490 e. The third-order valence-corrected chi connectivity index (χ3v) is 5.52. The van der Waals surface area contributed by atoms with E-state index < -0.39 is 14.6 Å². The van der Waals surface area contributed by atoms with E-state index in [2.05, 4.69) is 0 Å². The fourth-order valence-corrected chi connectivity index (χ4v) is 2.95. The van der Waals surface area contributed by atoms with Gasteiger partial charge in [0.1, 0.15) is 17.3 Å². The van der Waals surface area contributed by atoms with Gasteiger partial charge in [0.2, 0.25) is 0 Å². The van der Waals surface area contributed by atoms with Crippen molar-refractivity contribution in [2.45, 2.75) is 44.3 Å². The highest BCUT2D eigenvalue weighted by molar-refractivity contribution is 7.92. The lowest BCUT2D eigenvalue weighted by atomic mass is 10.1. The molecule has 4 nitrogen and oxygen atoms in total. The zero-order chi connectivity index (χ0) is 14.8. The molecule has 108 valence electrons. The maximum Gasteiger partial charge on any atom is 0.186 e. The first-order valence-corrected chi connectivity index (χ1v) is 7.69. The second kappa shape index (κ2) is 5.51. The number of benzene rings is 1. The predicted octanol–water partition coefficient (Wildman–Crippen LogP) is 2.25. The van der Waals surface area contributed by atoms with Crippen molar-refractivity contribution in [3.8, 4) is 5.75 Å². The van der Waals surface area contributed by atoms with Crippen molar-refractivity contribution in [1.29, 1.82) is 0 Å². The van der Waals surface area contributed by atoms with E-state index in [4.69, 9.17) is 9.84 Å². The van der Waals surface area contributed by atoms with Crippen molar-refractivity contribution in [3.05, 3.63) is 23.3 Å². The normalized spacial score (nSPS) is 12.5. The van der Waals surface area contributed by atoms with Crippen LogP contribution in [0.1, 0.15) is 31.9 Å². The van der Waals surface area contributed by atoms with Crippen molar-refractivity contribution in [1.82, 2.24) is 0 Å². The number of aryl methyl sites for hydroxylation is 2. The fraction of sp³-hybridized carbons (Fsp3) is 0.571. The Kier molecular flexibility index (Phi) is 4.63. The highest BCUT2D eigenvalue weighted by Crippen LogP contribution is 2.34. The van der Waals surface area contributed by atoms with Crippen LogP contribution >= 0.6 is 0 Å². The summed E-state index contributed by atoms with van der Waals surface area (Å²) >= 11 is 0. The fourth-order valence-electron chi connectivity index (χ4n) is 1.57. The summed E-state index contributed by atoms with van der Waals surface area (Å²) in [4.78, 5) is 0.191. The molecule has 1 N–H and O–H groups in total. The molecule has 0 aromatic heterocycles. The zero-order valence-corrected chi connectivity index (χ0v) is 13.0. The number of hydrogen-bond donors (Lipinski definition) is 1. The van der Waals surface area contributed by atoms with Crippen LogP contribution in [0.2, 0.25) is 0 Å². The molecule has 19 heavy (non-hydrogen) atoms. The number of aliphatic hydroxyl groups excluding tert-OH is 1. The van der Waals surface area contributed by atoms with Gasteiger partial charge in [-0.05, 0) is 57.9 Å². The van der Waals surface area contributed by atoms with Crippen molar-refractivity contribution < 1.29 is 18.3 Å². The van der Waals surface area contributed by atoms with Crippen molar-refractivity contribution in [3.63, 3.8) is 0 Å². The molecular formula is C14H22O4S. The molecule has 0 spiro atoms. The van der Waals surface area contributed by atoms with Crippen molar-refractivity contribution in [2.24, 2.45) is 0 Å². The van der Waals surface area contributed by atoms with Crippen molar-refractivity contribution in [2.75, 3.05) is 13.2 Å². The van der Waals surface area contributed by atoms with Gasteiger partial charge in [0.05, 0.1) is 11.4 Å². The van der Waals surface area contributed by atoms with Gasteiger partial charge in [-0.3, -0.25) is 0 Å². The molecule has 0 aliphatic heterocycles. The van der Waals surface area contributed by atoms with Gasteiger partial charge < -0.3 is 9.84 Å². The van der Waals surface area contributed by atoms with Gasteiger partial charge in [0, 0.05) is 0 Å². The Bertz CT molecular complexity index is 554. The Morgan fingerprint density at radius 1 is 1.16 bits per heavy atom. The first-order chi connectivity index (χ1) is 8.61. The second-order valence-electron chi connectivity index (χ2n) is 5.57. The van der Waals surface area contributed by atoms with Crippen LogP contribution in [0.5, 0.6) is 5.75 Å². The van der Waals surface area contributed by atoms with E-state index in [9.17, 15) is 8.42 Å². The maximum absolute atomic E-state index is 12.6. The molecule has 1 aromatic rings. The standard InChI is InChI=1S/C14H22O4S/c1-10-8-12(18-7-6-15)13(9-11(10)2)19(16,17)14(3,4)5/h8-9,15H,6-7H2,1-5H3. The number of rotatable bonds is 4. The molecule has 0 aliphatic carbocycles. The van der Waals surface area contributed by atoms with Crippen LogP contribution in [0, 0.1) is 13.8 Å². The molecule has 1 rings (SSSR count). The molecular weight excluding hydrogens is 264 g/mol. The quantitative estimate of drug-likeness (QED) is 0.922. The maximum atomic E-state index is 12.6. The largest absolute Gasteiger partial charge is 0.490 e. The van der Waals surface area contributed by atoms with E-state index in [1.165, 1.54) is 0 Å². The van der Waals surface area contributed by atoms with Crippen LogP contribution in [0.25, 0.3) is 0 Å². The molecule has 0 radical (unpaired) electrons. The molecule has 0 amide bonds. The molecule has 5 heteroatoms. The van der Waals surface area contributed by atoms with Gasteiger partial charge in [-0.15, -0.1) is 0 Å². The monoisotopic (exact) mass is 286 g/mol. The molecule has 0 saturated carbocycles. The molecule has 0 fully saturated rings. The molecule has 0 bridgehead atoms. The summed E-state index contributed by atoms with van der Waals surface area (Å²) in [5, 5.41) is 8.83. The lowest BCUT2D eigenvalue weighted by molar-refractivity contribution is 0.198. The third-order valence-electron chi connectivity index (χ3n) is 3.00. The van der Waals surface area contributed by atoms with Crippen LogP contribution in [-0.4, -0.2) is 31.5 Å². The average Bonchev–Trinajstić information content (AvgIpc) is 2.28. The Labute approximate surface area is 115 Å². The van der Waals surface area contributed by atoms with Crippen LogP contribution in [0.4, 0.5) is 0 Å². The van der Waals surface area contributed by atoms with Gasteiger partial charge in [0.25, 0.3) is 0 Å². The minimum atomic E-state index is -3.48. The number of ether oxygens (including phenoxy) is 1. The van der Waals surface area contributed by atoms with E-state index in [0.29, 0.717) is 5.75 Å². The summed E-state index contributed by atoms with van der Waals surface area (Å²) in [6, 6.07) is 3.35. The van der Waals surface area contributed by atoms with Gasteiger partial charge >= 0.3 is 0 Å². The number of sulfone groups is 1. The van der Waals surface area contributed by atoms with E-state index in [1.807, 2.05) is 13.8 Å². The summed E-state index contributed by atoms with van der Waals surface area (Å²) in [5.41, 5.74) is 1.86. The second-order valence-corrected chi connectivity index (χ2v) is 8.24. The topological polar surface area (TPSA) is 63.6 Å². The van der Waals surface area contributed by atoms with Crippen molar-refractivity contribution >= 4 is 9.84 Å². The first-order valence-electron chi connectivity index (χ1n) is 6.21. The zero-order valence-electron chi connectivity index (χ0n) is 12.1. The molecule has 0 aliphatic rings. The smallest absolute Gasteiger partial charge is 0.186 e. The molecule has 0 unspecified atom stereocenters. The van der Waals surface area contributed by atoms with Gasteiger partial charge in [0.15, 0.2) is 9.84 Å². The highest BCUT2D eigenvalue weighted by atomic mass is 32.2. The van der Waals surface area contributed by atoms with Gasteiger partial charge in [-0.25, -0.2) is 8.42 Å². The van der Waals surface area contributed by atoms with Crippen LogP contribution in [-0.2, 0) is 9.84 Å². The molecule has 1 aromatic carbocycles. The van der Waals surface area contributed by atoms with Crippen LogP contribution < -0.4 is 4.74 Å². The SMILES string of the molecule is Cc1cc(OCCO)c(S(=O)(=O)C(C)(C)C)cc1C. The lowest BCUT2D eigenvalue weighted by Crippen LogP contribution is -2.28. The number of aliphatic hydroxyl groups is 1. The van der Waals surface area contributed by atoms with Gasteiger partial charge in [-0.1, -0.05) is 0 Å². The lowest BCUT2D eigenvalue weighted by Gasteiger charge is -2.22. The molecule has 0 atom stereocenters. The van der Waals surface area contributed by atoms with E-state index in [1.54, 1.807) is 32.9 Å². The first kappa shape index (κ1) is 16.0. The predicted molar refractivity (Wildman–Crippen MR) is 75.4 cm³/mol. The third kappa shape index (κ3) is 3.28. The summed E-state index contributed by atoms with van der Waals surface area (Å²) in [6.07, 6.45) is 0. The van der Waals surface area contributed by atoms with Crippen LogP contribution in [0.15, 0.2) is 17.0 Å². The molecule has 0 heterocycles. The summed E-state index contributed by atoms with van der Waals surface area (Å²) in [6.45, 7) is 8.67. The minimum absolute atomic E-state index is 0.0785. The van der Waals surface area contributed by atoms with E-state index in [-0.39, 0.29) is 18.1 Å². The van der Waals surface area contributed by atoms with Gasteiger partial charge in [-0.2, -0.15) is 0 Å².